The highest BCUT2D eigenvalue weighted by atomic mass is 16.4. The SMILES string of the molecule is NC(=O)CCC(N)C(=O)NC(CCCN=C(N)N)C(=O)NC(Cc1ccccc1)C(=O)NC(CC(=O)O)C(=O)O. The van der Waals surface area contributed by atoms with Gasteiger partial charge in [-0.25, -0.2) is 4.79 Å². The summed E-state index contributed by atoms with van der Waals surface area (Å²) in [7, 11) is 0. The van der Waals surface area contributed by atoms with Crippen molar-refractivity contribution in [3.63, 3.8) is 0 Å². The van der Waals surface area contributed by atoms with Crippen LogP contribution in [0, 0.1) is 0 Å². The normalized spacial score (nSPS) is 13.5. The number of carbonyl (C=O) groups is 6. The van der Waals surface area contributed by atoms with Gasteiger partial charge in [-0.05, 0) is 24.8 Å². The molecule has 1 rings (SSSR count). The van der Waals surface area contributed by atoms with Crippen molar-refractivity contribution >= 4 is 41.5 Å². The molecule has 1 aromatic carbocycles. The number of amides is 4. The molecular weight excluding hydrogens is 528 g/mol. The third-order valence-corrected chi connectivity index (χ3v) is 5.53. The van der Waals surface area contributed by atoms with Gasteiger partial charge in [0.2, 0.25) is 23.6 Å². The summed E-state index contributed by atoms with van der Waals surface area (Å²) in [6.45, 7) is 0.124. The highest BCUT2D eigenvalue weighted by Crippen LogP contribution is 2.07. The summed E-state index contributed by atoms with van der Waals surface area (Å²) in [6.07, 6.45) is -0.932. The molecule has 0 aliphatic rings. The molecule has 0 saturated carbocycles. The van der Waals surface area contributed by atoms with E-state index in [9.17, 15) is 33.9 Å². The zero-order valence-corrected chi connectivity index (χ0v) is 21.7. The van der Waals surface area contributed by atoms with Gasteiger partial charge in [0.15, 0.2) is 5.96 Å². The van der Waals surface area contributed by atoms with E-state index in [0.717, 1.165) is 0 Å². The number of carboxylic acid groups (broad SMARTS) is 2. The van der Waals surface area contributed by atoms with Gasteiger partial charge in [-0.15, -0.1) is 0 Å². The predicted octanol–water partition coefficient (Wildman–Crippen LogP) is -3.11. The number of nitrogens with one attached hydrogen (secondary N) is 3. The van der Waals surface area contributed by atoms with Crippen LogP contribution in [0.1, 0.15) is 37.7 Å². The second-order valence-corrected chi connectivity index (χ2v) is 8.87. The zero-order valence-electron chi connectivity index (χ0n) is 21.7. The first-order chi connectivity index (χ1) is 18.8. The maximum absolute atomic E-state index is 13.3. The molecule has 0 bridgehead atoms. The van der Waals surface area contributed by atoms with Gasteiger partial charge in [-0.2, -0.15) is 0 Å². The molecular formula is C24H36N8O8. The number of hydrogen-bond acceptors (Lipinski definition) is 8. The highest BCUT2D eigenvalue weighted by molar-refractivity contribution is 5.94. The molecule has 0 aliphatic carbocycles. The number of carbonyl (C=O) groups excluding carboxylic acids is 4. The van der Waals surface area contributed by atoms with Gasteiger partial charge in [-0.1, -0.05) is 30.3 Å². The van der Waals surface area contributed by atoms with E-state index in [-0.39, 0.29) is 44.6 Å². The molecule has 1 aromatic rings. The molecule has 0 spiro atoms. The summed E-state index contributed by atoms with van der Waals surface area (Å²) in [5.41, 5.74) is 22.1. The number of aliphatic imine (C=N–C) groups is 1. The maximum Gasteiger partial charge on any atom is 0.326 e. The van der Waals surface area contributed by atoms with E-state index in [1.165, 1.54) is 0 Å². The third kappa shape index (κ3) is 13.2. The monoisotopic (exact) mass is 564 g/mol. The molecule has 0 aliphatic heterocycles. The van der Waals surface area contributed by atoms with Crippen LogP contribution in [0.2, 0.25) is 0 Å². The first-order valence-corrected chi connectivity index (χ1v) is 12.3. The maximum atomic E-state index is 13.3. The highest BCUT2D eigenvalue weighted by Gasteiger charge is 2.31. The molecule has 13 N–H and O–H groups in total. The molecule has 0 saturated heterocycles. The van der Waals surface area contributed by atoms with Gasteiger partial charge in [0.25, 0.3) is 0 Å². The Morgan fingerprint density at radius 2 is 1.38 bits per heavy atom. The van der Waals surface area contributed by atoms with Crippen molar-refractivity contribution in [3.05, 3.63) is 35.9 Å². The molecule has 220 valence electrons. The lowest BCUT2D eigenvalue weighted by Gasteiger charge is -2.25. The lowest BCUT2D eigenvalue weighted by atomic mass is 10.0. The minimum Gasteiger partial charge on any atom is -0.481 e. The van der Waals surface area contributed by atoms with E-state index in [4.69, 9.17) is 28.0 Å². The van der Waals surface area contributed by atoms with Crippen LogP contribution in [0.4, 0.5) is 0 Å². The quantitative estimate of drug-likeness (QED) is 0.0488. The van der Waals surface area contributed by atoms with Gasteiger partial charge >= 0.3 is 11.9 Å². The molecule has 0 radical (unpaired) electrons. The Morgan fingerprint density at radius 1 is 0.800 bits per heavy atom. The second-order valence-electron chi connectivity index (χ2n) is 8.87. The van der Waals surface area contributed by atoms with Crippen molar-refractivity contribution in [3.8, 4) is 0 Å². The lowest BCUT2D eigenvalue weighted by molar-refractivity contribution is -0.147. The van der Waals surface area contributed by atoms with Crippen LogP contribution in [-0.2, 0) is 35.2 Å². The van der Waals surface area contributed by atoms with Gasteiger partial charge in [0, 0.05) is 19.4 Å². The Balaban J connectivity index is 3.16. The fourth-order valence-electron chi connectivity index (χ4n) is 3.46. The van der Waals surface area contributed by atoms with Crippen LogP contribution >= 0.6 is 0 Å². The Kier molecular flexibility index (Phi) is 14.1. The number of carboxylic acids is 2. The molecule has 40 heavy (non-hydrogen) atoms. The van der Waals surface area contributed by atoms with E-state index in [1.54, 1.807) is 30.3 Å². The number of nitrogens with zero attached hydrogens (tertiary/aromatic N) is 1. The minimum absolute atomic E-state index is 0.0212. The van der Waals surface area contributed by atoms with Crippen LogP contribution in [0.15, 0.2) is 35.3 Å². The second kappa shape index (κ2) is 17.0. The number of nitrogens with two attached hydrogens (primary N) is 4. The Labute approximate surface area is 229 Å². The standard InChI is InChI=1S/C24H36N8O8/c25-14(8-9-18(26)33)20(36)30-15(7-4-10-29-24(27)28)21(37)31-16(11-13-5-2-1-3-6-13)22(38)32-17(23(39)40)12-19(34)35/h1-3,5-6,14-17H,4,7-12,25H2,(H2,26,33)(H,30,36)(H,31,37)(H,32,38)(H,34,35)(H,39,40)(H4,27,28,29). The van der Waals surface area contributed by atoms with Crippen LogP contribution < -0.4 is 38.9 Å². The fourth-order valence-corrected chi connectivity index (χ4v) is 3.46. The number of hydrogen-bond donors (Lipinski definition) is 9. The van der Waals surface area contributed by atoms with Crippen molar-refractivity contribution in [2.75, 3.05) is 6.54 Å². The van der Waals surface area contributed by atoms with E-state index in [0.29, 0.717) is 5.56 Å². The molecule has 16 nitrogen and oxygen atoms in total. The van der Waals surface area contributed by atoms with Gasteiger partial charge in [-0.3, -0.25) is 29.0 Å². The average Bonchev–Trinajstić information content (AvgIpc) is 2.87. The number of guanidine groups is 1. The van der Waals surface area contributed by atoms with E-state index < -0.39 is 66.2 Å². The number of primary amides is 1. The van der Waals surface area contributed by atoms with Gasteiger partial charge in [0.1, 0.15) is 18.1 Å². The average molecular weight is 565 g/mol. The Bertz CT molecular complexity index is 1080. The van der Waals surface area contributed by atoms with Crippen LogP contribution in [0.25, 0.3) is 0 Å². The first kappa shape index (κ1) is 33.3. The molecule has 16 heteroatoms. The number of rotatable bonds is 18. The van der Waals surface area contributed by atoms with Crippen molar-refractivity contribution < 1.29 is 39.0 Å². The van der Waals surface area contributed by atoms with Crippen molar-refractivity contribution in [2.24, 2.45) is 27.9 Å². The summed E-state index contributed by atoms with van der Waals surface area (Å²) in [4.78, 5) is 76.3. The van der Waals surface area contributed by atoms with E-state index in [2.05, 4.69) is 20.9 Å². The van der Waals surface area contributed by atoms with Crippen molar-refractivity contribution in [2.45, 2.75) is 62.7 Å². The topological polar surface area (TPSA) is 295 Å². The summed E-state index contributed by atoms with van der Waals surface area (Å²) in [6, 6.07) is 2.99. The van der Waals surface area contributed by atoms with Gasteiger partial charge in [0.05, 0.1) is 12.5 Å². The van der Waals surface area contributed by atoms with E-state index in [1.807, 2.05) is 0 Å². The van der Waals surface area contributed by atoms with Crippen LogP contribution in [-0.4, -0.2) is 82.5 Å². The predicted molar refractivity (Wildman–Crippen MR) is 142 cm³/mol. The molecule has 4 atom stereocenters. The lowest BCUT2D eigenvalue weighted by Crippen LogP contribution is -2.57. The van der Waals surface area contributed by atoms with E-state index >= 15 is 0 Å². The zero-order chi connectivity index (χ0) is 30.2. The van der Waals surface area contributed by atoms with Crippen LogP contribution in [0.5, 0.6) is 0 Å². The smallest absolute Gasteiger partial charge is 0.326 e. The van der Waals surface area contributed by atoms with Crippen molar-refractivity contribution in [1.29, 1.82) is 0 Å². The van der Waals surface area contributed by atoms with Crippen LogP contribution in [0.3, 0.4) is 0 Å². The fraction of sp³-hybridized carbons (Fsp3) is 0.458. The molecule has 0 heterocycles. The molecule has 0 aromatic heterocycles. The third-order valence-electron chi connectivity index (χ3n) is 5.53. The summed E-state index contributed by atoms with van der Waals surface area (Å²) in [5.74, 6) is -6.36. The van der Waals surface area contributed by atoms with Crippen molar-refractivity contribution in [1.82, 2.24) is 16.0 Å². The van der Waals surface area contributed by atoms with Gasteiger partial charge < -0.3 is 49.1 Å². The Morgan fingerprint density at radius 3 is 1.93 bits per heavy atom. The minimum atomic E-state index is -1.75. The summed E-state index contributed by atoms with van der Waals surface area (Å²) >= 11 is 0. The number of benzene rings is 1. The first-order valence-electron chi connectivity index (χ1n) is 12.3. The largest absolute Gasteiger partial charge is 0.481 e. The molecule has 4 unspecified atom stereocenters. The molecule has 0 fully saturated rings. The molecule has 4 amide bonds. The number of aliphatic carboxylic acids is 2. The summed E-state index contributed by atoms with van der Waals surface area (Å²) in [5, 5.41) is 25.4. The Hall–Kier alpha value is -4.73. The summed E-state index contributed by atoms with van der Waals surface area (Å²) < 4.78 is 0.